The third kappa shape index (κ3) is 5.72. The summed E-state index contributed by atoms with van der Waals surface area (Å²) in [5, 5.41) is 14.2. The Bertz CT molecular complexity index is 1250. The molecule has 2 N–H and O–H groups in total. The van der Waals surface area contributed by atoms with Gasteiger partial charge in [0.2, 0.25) is 5.91 Å². The molecule has 0 bridgehead atoms. The molecule has 3 aromatic carbocycles. The number of nitro benzene ring substituents is 1. The van der Waals surface area contributed by atoms with Crippen molar-refractivity contribution in [1.29, 1.82) is 0 Å². The molecule has 0 fully saturated rings. The van der Waals surface area contributed by atoms with E-state index < -0.39 is 20.9 Å². The number of rotatable bonds is 7. The van der Waals surface area contributed by atoms with Gasteiger partial charge >= 0.3 is 0 Å². The normalized spacial score (nSPS) is 11.0. The van der Waals surface area contributed by atoms with Gasteiger partial charge in [-0.2, -0.15) is 0 Å². The van der Waals surface area contributed by atoms with Crippen LogP contribution in [-0.2, 0) is 21.2 Å². The van der Waals surface area contributed by atoms with Crippen molar-refractivity contribution in [2.45, 2.75) is 11.3 Å². The second-order valence-electron chi connectivity index (χ2n) is 6.36. The minimum Gasteiger partial charge on any atom is -0.326 e. The maximum atomic E-state index is 12.6. The van der Waals surface area contributed by atoms with Crippen LogP contribution in [-0.4, -0.2) is 19.2 Å². The molecule has 1 amide bonds. The van der Waals surface area contributed by atoms with Crippen molar-refractivity contribution in [3.8, 4) is 0 Å². The number of para-hydroxylation sites is 1. The zero-order valence-electron chi connectivity index (χ0n) is 15.7. The minimum absolute atomic E-state index is 0.0461. The molecule has 0 aliphatic heterocycles. The van der Waals surface area contributed by atoms with Gasteiger partial charge in [0.1, 0.15) is 0 Å². The summed E-state index contributed by atoms with van der Waals surface area (Å²) < 4.78 is 27.5. The van der Waals surface area contributed by atoms with Crippen LogP contribution in [0.2, 0.25) is 10.0 Å². The fourth-order valence-corrected chi connectivity index (χ4v) is 4.30. The first kappa shape index (κ1) is 22.5. The fourth-order valence-electron chi connectivity index (χ4n) is 2.71. The topological polar surface area (TPSA) is 118 Å². The van der Waals surface area contributed by atoms with Gasteiger partial charge in [-0.25, -0.2) is 8.42 Å². The van der Waals surface area contributed by atoms with E-state index in [1.807, 2.05) is 0 Å². The highest BCUT2D eigenvalue weighted by Gasteiger charge is 2.18. The lowest BCUT2D eigenvalue weighted by atomic mass is 10.1. The number of benzene rings is 3. The Morgan fingerprint density at radius 2 is 1.68 bits per heavy atom. The summed E-state index contributed by atoms with van der Waals surface area (Å²) in [6.45, 7) is 0. The SMILES string of the molecule is O=C(Cc1ccccc1[N+](=O)[O-])Nc1ccc(S(=O)(=O)Nc2ccc(Cl)cc2Cl)cc1. The predicted molar refractivity (Wildman–Crippen MR) is 119 cm³/mol. The molecule has 160 valence electrons. The molecule has 0 heterocycles. The van der Waals surface area contributed by atoms with Gasteiger partial charge in [0.15, 0.2) is 0 Å². The largest absolute Gasteiger partial charge is 0.326 e. The second kappa shape index (κ2) is 9.34. The highest BCUT2D eigenvalue weighted by Crippen LogP contribution is 2.28. The van der Waals surface area contributed by atoms with Crippen molar-refractivity contribution in [3.05, 3.63) is 92.5 Å². The van der Waals surface area contributed by atoms with Crippen LogP contribution >= 0.6 is 23.2 Å². The number of carbonyl (C=O) groups is 1. The summed E-state index contributed by atoms with van der Waals surface area (Å²) >= 11 is 11.8. The van der Waals surface area contributed by atoms with Crippen molar-refractivity contribution in [1.82, 2.24) is 0 Å². The first-order valence-electron chi connectivity index (χ1n) is 8.76. The van der Waals surface area contributed by atoms with Crippen molar-refractivity contribution in [2.75, 3.05) is 10.0 Å². The number of nitrogens with one attached hydrogen (secondary N) is 2. The molecule has 0 aliphatic rings. The van der Waals surface area contributed by atoms with Gasteiger partial charge in [-0.05, 0) is 42.5 Å². The Morgan fingerprint density at radius 3 is 2.32 bits per heavy atom. The number of carbonyl (C=O) groups excluding carboxylic acids is 1. The molecule has 0 unspecified atom stereocenters. The standard InChI is InChI=1S/C20H15Cl2N3O5S/c21-14-5-10-18(17(22)12-14)24-31(29,30)16-8-6-15(7-9-16)23-20(26)11-13-3-1-2-4-19(13)25(27)28/h1-10,12,24H,11H2,(H,23,26). The molecule has 31 heavy (non-hydrogen) atoms. The summed E-state index contributed by atoms with van der Waals surface area (Å²) in [5.41, 5.74) is 0.638. The molecule has 0 atom stereocenters. The second-order valence-corrected chi connectivity index (χ2v) is 8.89. The van der Waals surface area contributed by atoms with Gasteiger partial charge in [0.25, 0.3) is 15.7 Å². The number of nitro groups is 1. The Hall–Kier alpha value is -3.14. The van der Waals surface area contributed by atoms with E-state index in [1.165, 1.54) is 60.7 Å². The van der Waals surface area contributed by atoms with Crippen molar-refractivity contribution >= 4 is 56.2 Å². The lowest BCUT2D eigenvalue weighted by Crippen LogP contribution is -2.16. The highest BCUT2D eigenvalue weighted by molar-refractivity contribution is 7.92. The zero-order chi connectivity index (χ0) is 22.6. The lowest BCUT2D eigenvalue weighted by Gasteiger charge is -2.11. The van der Waals surface area contributed by atoms with Gasteiger partial charge in [-0.3, -0.25) is 19.6 Å². The van der Waals surface area contributed by atoms with E-state index in [2.05, 4.69) is 10.0 Å². The van der Waals surface area contributed by atoms with Crippen LogP contribution in [0.4, 0.5) is 17.1 Å². The van der Waals surface area contributed by atoms with Crippen molar-refractivity contribution < 1.29 is 18.1 Å². The third-order valence-corrected chi connectivity index (χ3v) is 6.09. The van der Waals surface area contributed by atoms with Crippen LogP contribution in [0.15, 0.2) is 71.6 Å². The molecule has 0 spiro atoms. The summed E-state index contributed by atoms with van der Waals surface area (Å²) in [7, 11) is -3.92. The molecule has 0 aromatic heterocycles. The smallest absolute Gasteiger partial charge is 0.273 e. The maximum Gasteiger partial charge on any atom is 0.273 e. The minimum atomic E-state index is -3.92. The third-order valence-electron chi connectivity index (χ3n) is 4.16. The van der Waals surface area contributed by atoms with Crippen LogP contribution in [0.3, 0.4) is 0 Å². The number of hydrogen-bond acceptors (Lipinski definition) is 5. The first-order chi connectivity index (χ1) is 14.7. The van der Waals surface area contributed by atoms with Gasteiger partial charge in [0.05, 0.1) is 26.9 Å². The summed E-state index contributed by atoms with van der Waals surface area (Å²) in [4.78, 5) is 22.7. The van der Waals surface area contributed by atoms with Gasteiger partial charge in [-0.15, -0.1) is 0 Å². The van der Waals surface area contributed by atoms with Crippen LogP contribution in [0.5, 0.6) is 0 Å². The van der Waals surface area contributed by atoms with Crippen LogP contribution in [0.1, 0.15) is 5.56 Å². The molecule has 11 heteroatoms. The number of sulfonamides is 1. The van der Waals surface area contributed by atoms with E-state index in [1.54, 1.807) is 6.07 Å². The Labute approximate surface area is 188 Å². The maximum absolute atomic E-state index is 12.6. The molecule has 0 aliphatic carbocycles. The van der Waals surface area contributed by atoms with Crippen LogP contribution in [0.25, 0.3) is 0 Å². The van der Waals surface area contributed by atoms with E-state index in [4.69, 9.17) is 23.2 Å². The number of amides is 1. The molecule has 3 rings (SSSR count). The van der Waals surface area contributed by atoms with E-state index in [0.717, 1.165) is 0 Å². The summed E-state index contributed by atoms with van der Waals surface area (Å²) in [6.07, 6.45) is -0.201. The molecular weight excluding hydrogens is 465 g/mol. The molecule has 0 saturated heterocycles. The Balaban J connectivity index is 1.70. The van der Waals surface area contributed by atoms with Gasteiger partial charge in [0, 0.05) is 22.3 Å². The number of halogens is 2. The number of nitrogens with zero attached hydrogens (tertiary/aromatic N) is 1. The Morgan fingerprint density at radius 1 is 1.00 bits per heavy atom. The molecule has 8 nitrogen and oxygen atoms in total. The van der Waals surface area contributed by atoms with E-state index in [0.29, 0.717) is 10.7 Å². The van der Waals surface area contributed by atoms with Crippen LogP contribution in [0, 0.1) is 10.1 Å². The number of hydrogen-bond donors (Lipinski definition) is 2. The lowest BCUT2D eigenvalue weighted by molar-refractivity contribution is -0.385. The summed E-state index contributed by atoms with van der Waals surface area (Å²) in [5.74, 6) is -0.476. The van der Waals surface area contributed by atoms with Gasteiger partial charge in [-0.1, -0.05) is 41.4 Å². The monoisotopic (exact) mass is 479 g/mol. The quantitative estimate of drug-likeness (QED) is 0.369. The van der Waals surface area contributed by atoms with Gasteiger partial charge < -0.3 is 5.32 Å². The van der Waals surface area contributed by atoms with Crippen molar-refractivity contribution in [3.63, 3.8) is 0 Å². The predicted octanol–water partition coefficient (Wildman–Crippen LogP) is 4.88. The zero-order valence-corrected chi connectivity index (χ0v) is 18.0. The average molecular weight is 480 g/mol. The molecule has 3 aromatic rings. The molecule has 0 radical (unpaired) electrons. The molecular formula is C20H15Cl2N3O5S. The first-order valence-corrected chi connectivity index (χ1v) is 11.0. The van der Waals surface area contributed by atoms with Crippen LogP contribution < -0.4 is 10.0 Å². The van der Waals surface area contributed by atoms with E-state index in [-0.39, 0.29) is 33.3 Å². The summed E-state index contributed by atoms with van der Waals surface area (Å²) in [6, 6.07) is 15.8. The highest BCUT2D eigenvalue weighted by atomic mass is 35.5. The van der Waals surface area contributed by atoms with Crippen molar-refractivity contribution in [2.24, 2.45) is 0 Å². The number of anilines is 2. The van der Waals surface area contributed by atoms with E-state index in [9.17, 15) is 23.3 Å². The van der Waals surface area contributed by atoms with E-state index >= 15 is 0 Å². The fraction of sp³-hybridized carbons (Fsp3) is 0.0500. The average Bonchev–Trinajstić information content (AvgIpc) is 2.70. The molecule has 0 saturated carbocycles. The Kier molecular flexibility index (Phi) is 6.79.